The second kappa shape index (κ2) is 8.44. The zero-order chi connectivity index (χ0) is 15.8. The quantitative estimate of drug-likeness (QED) is 0.781. The summed E-state index contributed by atoms with van der Waals surface area (Å²) in [5.74, 6) is 0.851. The van der Waals surface area contributed by atoms with E-state index in [1.807, 2.05) is 25.1 Å². The highest BCUT2D eigenvalue weighted by molar-refractivity contribution is 6.30. The summed E-state index contributed by atoms with van der Waals surface area (Å²) in [4.78, 5) is 12.0. The van der Waals surface area contributed by atoms with Crippen molar-refractivity contribution in [3.63, 3.8) is 0 Å². The van der Waals surface area contributed by atoms with Crippen LogP contribution in [0.2, 0.25) is 5.02 Å². The number of amides is 1. The molecule has 2 aromatic carbocycles. The Morgan fingerprint density at radius 2 is 1.86 bits per heavy atom. The standard InChI is InChI=1S/C18H20ClNO2/c1-2-22-17-8-4-3-6-14(17)7-5-13-20-18(21)15-9-11-16(19)12-10-15/h3-4,6,8-12H,2,5,7,13H2,1H3,(H,20,21). The summed E-state index contributed by atoms with van der Waals surface area (Å²) in [7, 11) is 0. The Kier molecular flexibility index (Phi) is 6.28. The summed E-state index contributed by atoms with van der Waals surface area (Å²) in [6.45, 7) is 3.26. The van der Waals surface area contributed by atoms with Gasteiger partial charge >= 0.3 is 0 Å². The lowest BCUT2D eigenvalue weighted by molar-refractivity contribution is 0.0953. The molecule has 3 nitrogen and oxygen atoms in total. The minimum Gasteiger partial charge on any atom is -0.494 e. The molecule has 0 saturated carbocycles. The van der Waals surface area contributed by atoms with Crippen LogP contribution in [0.5, 0.6) is 5.75 Å². The number of carbonyl (C=O) groups excluding carboxylic acids is 1. The first-order valence-electron chi connectivity index (χ1n) is 7.45. The molecule has 22 heavy (non-hydrogen) atoms. The number of hydrogen-bond acceptors (Lipinski definition) is 2. The molecule has 0 radical (unpaired) electrons. The predicted molar refractivity (Wildman–Crippen MR) is 89.7 cm³/mol. The first kappa shape index (κ1) is 16.4. The fourth-order valence-corrected chi connectivity index (χ4v) is 2.32. The first-order chi connectivity index (χ1) is 10.7. The van der Waals surface area contributed by atoms with Crippen molar-refractivity contribution in [2.75, 3.05) is 13.2 Å². The van der Waals surface area contributed by atoms with Gasteiger partial charge in [-0.3, -0.25) is 4.79 Å². The second-order valence-electron chi connectivity index (χ2n) is 4.91. The summed E-state index contributed by atoms with van der Waals surface area (Å²) in [6, 6.07) is 14.9. The Labute approximate surface area is 136 Å². The van der Waals surface area contributed by atoms with Crippen molar-refractivity contribution >= 4 is 17.5 Å². The molecule has 0 aliphatic carbocycles. The van der Waals surface area contributed by atoms with Gasteiger partial charge in [0.05, 0.1) is 6.61 Å². The van der Waals surface area contributed by atoms with E-state index < -0.39 is 0 Å². The Hall–Kier alpha value is -2.00. The lowest BCUT2D eigenvalue weighted by Gasteiger charge is -2.10. The molecule has 0 heterocycles. The van der Waals surface area contributed by atoms with E-state index in [0.717, 1.165) is 18.6 Å². The van der Waals surface area contributed by atoms with E-state index in [4.69, 9.17) is 16.3 Å². The SMILES string of the molecule is CCOc1ccccc1CCCNC(=O)c1ccc(Cl)cc1. The van der Waals surface area contributed by atoms with Crippen molar-refractivity contribution in [3.8, 4) is 5.75 Å². The fraction of sp³-hybridized carbons (Fsp3) is 0.278. The van der Waals surface area contributed by atoms with Crippen molar-refractivity contribution in [1.29, 1.82) is 0 Å². The van der Waals surface area contributed by atoms with Gasteiger partial charge in [0.1, 0.15) is 5.75 Å². The van der Waals surface area contributed by atoms with Gasteiger partial charge < -0.3 is 10.1 Å². The highest BCUT2D eigenvalue weighted by atomic mass is 35.5. The van der Waals surface area contributed by atoms with Gasteiger partial charge in [0.2, 0.25) is 0 Å². The van der Waals surface area contributed by atoms with Gasteiger partial charge in [0, 0.05) is 17.1 Å². The van der Waals surface area contributed by atoms with E-state index in [2.05, 4.69) is 11.4 Å². The average molecular weight is 318 g/mol. The van der Waals surface area contributed by atoms with Gasteiger partial charge in [-0.2, -0.15) is 0 Å². The van der Waals surface area contributed by atoms with Gasteiger partial charge in [-0.25, -0.2) is 0 Å². The topological polar surface area (TPSA) is 38.3 Å². The van der Waals surface area contributed by atoms with Gasteiger partial charge in [0.25, 0.3) is 5.91 Å². The lowest BCUT2D eigenvalue weighted by atomic mass is 10.1. The molecule has 0 aromatic heterocycles. The number of rotatable bonds is 7. The number of hydrogen-bond donors (Lipinski definition) is 1. The number of carbonyl (C=O) groups is 1. The van der Waals surface area contributed by atoms with Crippen LogP contribution in [-0.4, -0.2) is 19.1 Å². The van der Waals surface area contributed by atoms with E-state index >= 15 is 0 Å². The van der Waals surface area contributed by atoms with Crippen molar-refractivity contribution in [2.24, 2.45) is 0 Å². The fourth-order valence-electron chi connectivity index (χ4n) is 2.19. The molecule has 1 N–H and O–H groups in total. The average Bonchev–Trinajstić information content (AvgIpc) is 2.53. The predicted octanol–water partition coefficient (Wildman–Crippen LogP) is 4.10. The van der Waals surface area contributed by atoms with Crippen molar-refractivity contribution in [1.82, 2.24) is 5.32 Å². The maximum Gasteiger partial charge on any atom is 0.251 e. The van der Waals surface area contributed by atoms with Gasteiger partial charge in [-0.15, -0.1) is 0 Å². The maximum absolute atomic E-state index is 12.0. The molecule has 0 spiro atoms. The summed E-state index contributed by atoms with van der Waals surface area (Å²) >= 11 is 5.81. The van der Waals surface area contributed by atoms with Gasteiger partial charge in [0.15, 0.2) is 0 Å². The molecular formula is C18H20ClNO2. The number of nitrogens with one attached hydrogen (secondary N) is 1. The number of para-hydroxylation sites is 1. The third kappa shape index (κ3) is 4.78. The molecule has 0 aliphatic heterocycles. The molecular weight excluding hydrogens is 298 g/mol. The van der Waals surface area contributed by atoms with Crippen molar-refractivity contribution < 1.29 is 9.53 Å². The summed E-state index contributed by atoms with van der Waals surface area (Å²) < 4.78 is 5.60. The molecule has 0 fully saturated rings. The minimum absolute atomic E-state index is 0.0743. The van der Waals surface area contributed by atoms with Gasteiger partial charge in [-0.05, 0) is 55.7 Å². The Bertz CT molecular complexity index is 611. The largest absolute Gasteiger partial charge is 0.494 e. The third-order valence-electron chi connectivity index (χ3n) is 3.29. The summed E-state index contributed by atoms with van der Waals surface area (Å²) in [5.41, 5.74) is 1.80. The van der Waals surface area contributed by atoms with E-state index in [-0.39, 0.29) is 5.91 Å². The lowest BCUT2D eigenvalue weighted by Crippen LogP contribution is -2.24. The van der Waals surface area contributed by atoms with Crippen LogP contribution >= 0.6 is 11.6 Å². The molecule has 0 aliphatic rings. The Morgan fingerprint density at radius 3 is 2.59 bits per heavy atom. The number of benzene rings is 2. The van der Waals surface area contributed by atoms with E-state index in [1.54, 1.807) is 24.3 Å². The van der Waals surface area contributed by atoms with Crippen LogP contribution in [0.4, 0.5) is 0 Å². The monoisotopic (exact) mass is 317 g/mol. The molecule has 1 amide bonds. The molecule has 4 heteroatoms. The smallest absolute Gasteiger partial charge is 0.251 e. The Balaban J connectivity index is 1.79. The molecule has 0 saturated heterocycles. The molecule has 0 bridgehead atoms. The van der Waals surface area contributed by atoms with Crippen LogP contribution < -0.4 is 10.1 Å². The highest BCUT2D eigenvalue weighted by Crippen LogP contribution is 2.19. The van der Waals surface area contributed by atoms with Crippen molar-refractivity contribution in [2.45, 2.75) is 19.8 Å². The number of aryl methyl sites for hydroxylation is 1. The molecule has 2 aromatic rings. The molecule has 2 rings (SSSR count). The Morgan fingerprint density at radius 1 is 1.14 bits per heavy atom. The third-order valence-corrected chi connectivity index (χ3v) is 3.54. The van der Waals surface area contributed by atoms with E-state index in [1.165, 1.54) is 5.56 Å². The van der Waals surface area contributed by atoms with Crippen LogP contribution in [0.15, 0.2) is 48.5 Å². The van der Waals surface area contributed by atoms with Crippen molar-refractivity contribution in [3.05, 3.63) is 64.7 Å². The highest BCUT2D eigenvalue weighted by Gasteiger charge is 2.05. The maximum atomic E-state index is 12.0. The molecule has 116 valence electrons. The molecule has 0 atom stereocenters. The van der Waals surface area contributed by atoms with Crippen LogP contribution in [0.25, 0.3) is 0 Å². The van der Waals surface area contributed by atoms with E-state index in [9.17, 15) is 4.79 Å². The van der Waals surface area contributed by atoms with Crippen LogP contribution in [-0.2, 0) is 6.42 Å². The zero-order valence-electron chi connectivity index (χ0n) is 12.6. The zero-order valence-corrected chi connectivity index (χ0v) is 13.4. The van der Waals surface area contributed by atoms with E-state index in [0.29, 0.717) is 23.7 Å². The van der Waals surface area contributed by atoms with Crippen LogP contribution in [0.1, 0.15) is 29.3 Å². The minimum atomic E-state index is -0.0743. The van der Waals surface area contributed by atoms with Crippen LogP contribution in [0.3, 0.4) is 0 Å². The number of halogens is 1. The second-order valence-corrected chi connectivity index (χ2v) is 5.34. The van der Waals surface area contributed by atoms with Crippen LogP contribution in [0, 0.1) is 0 Å². The van der Waals surface area contributed by atoms with Gasteiger partial charge in [-0.1, -0.05) is 29.8 Å². The first-order valence-corrected chi connectivity index (χ1v) is 7.83. The normalized spacial score (nSPS) is 10.3. The molecule has 0 unspecified atom stereocenters. The summed E-state index contributed by atoms with van der Waals surface area (Å²) in [6.07, 6.45) is 1.74. The number of ether oxygens (including phenoxy) is 1. The summed E-state index contributed by atoms with van der Waals surface area (Å²) in [5, 5.41) is 3.55.